The van der Waals surface area contributed by atoms with Crippen LogP contribution in [-0.2, 0) is 0 Å². The molecule has 3 aliphatic rings. The van der Waals surface area contributed by atoms with Gasteiger partial charge in [0.1, 0.15) is 24.2 Å². The minimum Gasteiger partial charge on any atom is -0.314 e. The van der Waals surface area contributed by atoms with Gasteiger partial charge in [0.05, 0.1) is 28.2 Å². The second-order valence-corrected chi connectivity index (χ2v) is 9.51. The van der Waals surface area contributed by atoms with E-state index in [-0.39, 0.29) is 0 Å². The van der Waals surface area contributed by atoms with E-state index >= 15 is 0 Å². The van der Waals surface area contributed by atoms with Crippen LogP contribution in [0.15, 0.2) is 0 Å². The summed E-state index contributed by atoms with van der Waals surface area (Å²) >= 11 is 0. The quantitative estimate of drug-likeness (QED) is 0.584. The second-order valence-electron chi connectivity index (χ2n) is 9.51. The zero-order valence-electron chi connectivity index (χ0n) is 15.7. The van der Waals surface area contributed by atoms with Gasteiger partial charge in [0.2, 0.25) is 0 Å². The lowest BCUT2D eigenvalue weighted by Gasteiger charge is -2.62. The van der Waals surface area contributed by atoms with Crippen LogP contribution in [0, 0.1) is 0 Å². The van der Waals surface area contributed by atoms with Crippen molar-refractivity contribution in [2.45, 2.75) is 101 Å². The number of fused-ring (bicyclic) bond motifs is 2. The van der Waals surface area contributed by atoms with Crippen LogP contribution in [0.5, 0.6) is 0 Å². The molecule has 1 saturated heterocycles. The van der Waals surface area contributed by atoms with Crippen LogP contribution < -0.4 is 0 Å². The second kappa shape index (κ2) is 6.43. The third-order valence-electron chi connectivity index (χ3n) is 7.81. The molecule has 1 aliphatic heterocycles. The summed E-state index contributed by atoms with van der Waals surface area (Å²) in [5, 5.41) is 0. The molecule has 0 aromatic heterocycles. The zero-order valence-corrected chi connectivity index (χ0v) is 15.7. The molecule has 2 nitrogen and oxygen atoms in total. The highest BCUT2D eigenvalue weighted by Gasteiger charge is 2.59. The standard InChI is InChI=1S/C20H40N2/c1-21(2)17-13-9-5-7-11-15-19(17)22(3,4)20-16-12-8-6-10-14-18(20)21/h17-20H,5-16H2,1-4H3/q+2/t17-,18-,19-,20+/m0/s1. The minimum absolute atomic E-state index is 0.899. The van der Waals surface area contributed by atoms with Crippen molar-refractivity contribution in [1.29, 1.82) is 0 Å². The van der Waals surface area contributed by atoms with Gasteiger partial charge in [-0.15, -0.1) is 0 Å². The summed E-state index contributed by atoms with van der Waals surface area (Å²) in [5.41, 5.74) is 0. The summed E-state index contributed by atoms with van der Waals surface area (Å²) in [6, 6.07) is 3.60. The Kier molecular flexibility index (Phi) is 4.90. The summed E-state index contributed by atoms with van der Waals surface area (Å²) in [4.78, 5) is 0. The Morgan fingerprint density at radius 3 is 0.864 bits per heavy atom. The smallest absolute Gasteiger partial charge is 0.141 e. The van der Waals surface area contributed by atoms with Gasteiger partial charge in [-0.25, -0.2) is 0 Å². The van der Waals surface area contributed by atoms with Gasteiger partial charge < -0.3 is 8.97 Å². The van der Waals surface area contributed by atoms with Crippen LogP contribution in [0.3, 0.4) is 0 Å². The van der Waals surface area contributed by atoms with Crippen LogP contribution >= 0.6 is 0 Å². The molecule has 3 fully saturated rings. The van der Waals surface area contributed by atoms with E-state index in [0.29, 0.717) is 0 Å². The fourth-order valence-corrected chi connectivity index (χ4v) is 6.49. The number of likely N-dealkylation sites (N-methyl/N-ethyl adjacent to an activating group) is 2. The molecule has 4 atom stereocenters. The Hall–Kier alpha value is -0.0800. The first-order valence-electron chi connectivity index (χ1n) is 10.1. The monoisotopic (exact) mass is 308 g/mol. The molecule has 2 aliphatic carbocycles. The molecule has 22 heavy (non-hydrogen) atoms. The lowest BCUT2D eigenvalue weighted by atomic mass is 9.77. The molecule has 2 heteroatoms. The molecule has 0 radical (unpaired) electrons. The SMILES string of the molecule is C[N+]1(C)[C@@H]2CCCCCC[C@@H]2[N+](C)(C)[C@H]2CCCCCC[C@@H]21. The molecule has 0 bridgehead atoms. The maximum absolute atomic E-state index is 2.59. The third-order valence-corrected chi connectivity index (χ3v) is 7.81. The van der Waals surface area contributed by atoms with Gasteiger partial charge in [0.15, 0.2) is 0 Å². The number of rotatable bonds is 0. The molecule has 0 aromatic rings. The molecule has 0 unspecified atom stereocenters. The topological polar surface area (TPSA) is 0 Å². The van der Waals surface area contributed by atoms with Gasteiger partial charge in [0, 0.05) is 25.7 Å². The van der Waals surface area contributed by atoms with Crippen LogP contribution in [0.4, 0.5) is 0 Å². The molecule has 0 amide bonds. The Balaban J connectivity index is 1.95. The van der Waals surface area contributed by atoms with E-state index in [4.69, 9.17) is 0 Å². The van der Waals surface area contributed by atoms with Gasteiger partial charge in [0.25, 0.3) is 0 Å². The van der Waals surface area contributed by atoms with Crippen molar-refractivity contribution < 1.29 is 8.97 Å². The molecule has 0 N–H and O–H groups in total. The van der Waals surface area contributed by atoms with E-state index in [2.05, 4.69) is 28.2 Å². The molecule has 3 rings (SSSR count). The van der Waals surface area contributed by atoms with E-state index in [9.17, 15) is 0 Å². The van der Waals surface area contributed by atoms with Crippen molar-refractivity contribution in [2.75, 3.05) is 28.2 Å². The van der Waals surface area contributed by atoms with Crippen molar-refractivity contribution in [2.24, 2.45) is 0 Å². The van der Waals surface area contributed by atoms with Crippen molar-refractivity contribution in [1.82, 2.24) is 0 Å². The van der Waals surface area contributed by atoms with Crippen LogP contribution in [0.1, 0.15) is 77.0 Å². The number of hydrogen-bond acceptors (Lipinski definition) is 0. The normalized spacial score (nSPS) is 42.0. The summed E-state index contributed by atoms with van der Waals surface area (Å²) < 4.78 is 2.66. The lowest BCUT2D eigenvalue weighted by molar-refractivity contribution is -1.07. The fraction of sp³-hybridized carbons (Fsp3) is 1.00. The summed E-state index contributed by atoms with van der Waals surface area (Å²) in [5.74, 6) is 0. The highest BCUT2D eigenvalue weighted by molar-refractivity contribution is 4.87. The van der Waals surface area contributed by atoms with E-state index in [0.717, 1.165) is 24.2 Å². The highest BCUT2D eigenvalue weighted by atomic mass is 15.5. The van der Waals surface area contributed by atoms with E-state index in [1.54, 1.807) is 0 Å². The van der Waals surface area contributed by atoms with Crippen molar-refractivity contribution in [3.8, 4) is 0 Å². The molecule has 128 valence electrons. The highest BCUT2D eigenvalue weighted by Crippen LogP contribution is 2.43. The van der Waals surface area contributed by atoms with Crippen molar-refractivity contribution >= 4 is 0 Å². The Labute approximate surface area is 139 Å². The molecule has 0 spiro atoms. The van der Waals surface area contributed by atoms with Crippen LogP contribution in [0.2, 0.25) is 0 Å². The first kappa shape index (κ1) is 16.8. The van der Waals surface area contributed by atoms with E-state index in [1.807, 2.05) is 0 Å². The first-order chi connectivity index (χ1) is 10.5. The van der Waals surface area contributed by atoms with Crippen LogP contribution in [-0.4, -0.2) is 61.3 Å². The van der Waals surface area contributed by atoms with Gasteiger partial charge in [-0.2, -0.15) is 0 Å². The predicted molar refractivity (Wildman–Crippen MR) is 94.8 cm³/mol. The van der Waals surface area contributed by atoms with Crippen molar-refractivity contribution in [3.05, 3.63) is 0 Å². The zero-order chi connectivity index (χ0) is 15.8. The minimum atomic E-state index is 0.899. The number of nitrogens with zero attached hydrogens (tertiary/aromatic N) is 2. The van der Waals surface area contributed by atoms with Crippen molar-refractivity contribution in [3.63, 3.8) is 0 Å². The Morgan fingerprint density at radius 2 is 0.636 bits per heavy atom. The molecule has 0 aromatic carbocycles. The Morgan fingerprint density at radius 1 is 0.409 bits per heavy atom. The van der Waals surface area contributed by atoms with Crippen LogP contribution in [0.25, 0.3) is 0 Å². The van der Waals surface area contributed by atoms with E-state index < -0.39 is 0 Å². The van der Waals surface area contributed by atoms with Gasteiger partial charge >= 0.3 is 0 Å². The number of piperazine rings is 1. The average Bonchev–Trinajstić information content (AvgIpc) is 2.34. The largest absolute Gasteiger partial charge is 0.314 e. The number of hydrogen-bond donors (Lipinski definition) is 0. The maximum atomic E-state index is 2.59. The fourth-order valence-electron chi connectivity index (χ4n) is 6.49. The molecule has 1 heterocycles. The van der Waals surface area contributed by atoms with Gasteiger partial charge in [-0.1, -0.05) is 25.7 Å². The first-order valence-corrected chi connectivity index (χ1v) is 10.1. The van der Waals surface area contributed by atoms with Gasteiger partial charge in [-0.05, 0) is 25.7 Å². The summed E-state index contributed by atoms with van der Waals surface area (Å²) in [6.07, 6.45) is 17.7. The molecule has 2 saturated carbocycles. The summed E-state index contributed by atoms with van der Waals surface area (Å²) in [7, 11) is 10.4. The predicted octanol–water partition coefficient (Wildman–Crippen LogP) is 4.34. The lowest BCUT2D eigenvalue weighted by Crippen LogP contribution is -2.79. The average molecular weight is 309 g/mol. The molecular formula is C20H40N2+2. The molecular weight excluding hydrogens is 268 g/mol. The third kappa shape index (κ3) is 2.86. The summed E-state index contributed by atoms with van der Waals surface area (Å²) in [6.45, 7) is 0. The number of quaternary nitrogens is 2. The Bertz CT molecular complexity index is 306. The van der Waals surface area contributed by atoms with E-state index in [1.165, 1.54) is 86.0 Å². The maximum Gasteiger partial charge on any atom is 0.141 e. The van der Waals surface area contributed by atoms with Gasteiger partial charge in [-0.3, -0.25) is 0 Å².